The fourth-order valence-corrected chi connectivity index (χ4v) is 2.35. The highest BCUT2D eigenvalue weighted by atomic mass is 35.5. The van der Waals surface area contributed by atoms with Crippen molar-refractivity contribution >= 4 is 34.3 Å². The van der Waals surface area contributed by atoms with Gasteiger partial charge in [-0.05, 0) is 37.1 Å². The van der Waals surface area contributed by atoms with E-state index in [1.165, 1.54) is 5.56 Å². The van der Waals surface area contributed by atoms with E-state index >= 15 is 0 Å². The lowest BCUT2D eigenvalue weighted by Gasteiger charge is -2.07. The van der Waals surface area contributed by atoms with Gasteiger partial charge in [0.15, 0.2) is 17.0 Å². The topological polar surface area (TPSA) is 55.6 Å². The largest absolute Gasteiger partial charge is 0.338 e. The monoisotopic (exact) mass is 301 g/mol. The fraction of sp³-hybridized carbons (Fsp3) is 0.267. The first-order valence-corrected chi connectivity index (χ1v) is 7.27. The molecule has 0 saturated heterocycles. The molecule has 3 rings (SSSR count). The molecule has 0 radical (unpaired) electrons. The van der Waals surface area contributed by atoms with Crippen LogP contribution >= 0.6 is 11.6 Å². The van der Waals surface area contributed by atoms with Gasteiger partial charge in [-0.3, -0.25) is 0 Å². The molecule has 0 aliphatic rings. The maximum absolute atomic E-state index is 6.04. The van der Waals surface area contributed by atoms with Crippen molar-refractivity contribution in [3.63, 3.8) is 0 Å². The van der Waals surface area contributed by atoms with Crippen molar-refractivity contribution in [2.75, 3.05) is 5.32 Å². The van der Waals surface area contributed by atoms with Crippen molar-refractivity contribution in [1.82, 2.24) is 19.5 Å². The zero-order valence-electron chi connectivity index (χ0n) is 12.0. The third-order valence-corrected chi connectivity index (χ3v) is 3.38. The Bertz CT molecular complexity index is 764. The minimum absolute atomic E-state index is 0.218. The highest BCUT2D eigenvalue weighted by molar-refractivity contribution is 6.28. The number of aromatic nitrogens is 4. The summed E-state index contributed by atoms with van der Waals surface area (Å²) in [6, 6.07) is 8.08. The highest BCUT2D eigenvalue weighted by Gasteiger charge is 2.12. The van der Waals surface area contributed by atoms with E-state index in [9.17, 15) is 0 Å². The van der Waals surface area contributed by atoms with Gasteiger partial charge in [-0.1, -0.05) is 24.6 Å². The van der Waals surface area contributed by atoms with Crippen LogP contribution in [-0.2, 0) is 6.54 Å². The molecule has 1 N–H and O–H groups in total. The Morgan fingerprint density at radius 2 is 1.95 bits per heavy atom. The van der Waals surface area contributed by atoms with Crippen molar-refractivity contribution < 1.29 is 0 Å². The predicted octanol–water partition coefficient (Wildman–Crippen LogP) is 3.94. The molecule has 0 bridgehead atoms. The zero-order valence-corrected chi connectivity index (χ0v) is 12.7. The Balaban J connectivity index is 2.03. The molecule has 0 atom stereocenters. The van der Waals surface area contributed by atoms with Crippen LogP contribution in [0.2, 0.25) is 5.28 Å². The number of nitrogens with zero attached hydrogens (tertiary/aromatic N) is 4. The van der Waals surface area contributed by atoms with Gasteiger partial charge in [0.05, 0.1) is 6.33 Å². The third-order valence-electron chi connectivity index (χ3n) is 3.22. The molecule has 0 saturated carbocycles. The van der Waals surface area contributed by atoms with E-state index in [0.29, 0.717) is 5.82 Å². The maximum atomic E-state index is 6.04. The predicted molar refractivity (Wildman–Crippen MR) is 85.1 cm³/mol. The van der Waals surface area contributed by atoms with Gasteiger partial charge in [0.1, 0.15) is 0 Å². The van der Waals surface area contributed by atoms with Crippen LogP contribution in [0.5, 0.6) is 0 Å². The van der Waals surface area contributed by atoms with E-state index in [0.717, 1.165) is 29.8 Å². The SMILES string of the molecule is CCCn1cnc2c(Nc3ccc(C)cc3)nc(Cl)nc21. The number of fused-ring (bicyclic) bond motifs is 1. The number of hydrogen-bond acceptors (Lipinski definition) is 4. The Hall–Kier alpha value is -2.14. The molecule has 0 aliphatic heterocycles. The number of nitrogens with one attached hydrogen (secondary N) is 1. The molecule has 21 heavy (non-hydrogen) atoms. The molecule has 0 spiro atoms. The van der Waals surface area contributed by atoms with Crippen LogP contribution in [-0.4, -0.2) is 19.5 Å². The first kappa shape index (κ1) is 13.8. The van der Waals surface area contributed by atoms with Gasteiger partial charge in [-0.25, -0.2) is 4.98 Å². The minimum Gasteiger partial charge on any atom is -0.338 e. The van der Waals surface area contributed by atoms with Gasteiger partial charge < -0.3 is 9.88 Å². The Kier molecular flexibility index (Phi) is 3.75. The van der Waals surface area contributed by atoms with E-state index in [2.05, 4.69) is 34.1 Å². The highest BCUT2D eigenvalue weighted by Crippen LogP contribution is 2.24. The summed E-state index contributed by atoms with van der Waals surface area (Å²) in [5.74, 6) is 0.628. The van der Waals surface area contributed by atoms with Gasteiger partial charge in [-0.2, -0.15) is 9.97 Å². The summed E-state index contributed by atoms with van der Waals surface area (Å²) < 4.78 is 1.99. The van der Waals surface area contributed by atoms with E-state index < -0.39 is 0 Å². The molecule has 2 aromatic heterocycles. The van der Waals surface area contributed by atoms with E-state index in [1.807, 2.05) is 28.8 Å². The molecule has 0 unspecified atom stereocenters. The number of halogens is 1. The summed E-state index contributed by atoms with van der Waals surface area (Å²) >= 11 is 6.04. The Morgan fingerprint density at radius 3 is 2.67 bits per heavy atom. The third kappa shape index (κ3) is 2.83. The van der Waals surface area contributed by atoms with Gasteiger partial charge in [0, 0.05) is 12.2 Å². The lowest BCUT2D eigenvalue weighted by atomic mass is 10.2. The first-order chi connectivity index (χ1) is 10.2. The molecule has 0 amide bonds. The standard InChI is InChI=1S/C15H16ClN5/c1-3-8-21-9-17-12-13(19-15(16)20-14(12)21)18-11-6-4-10(2)5-7-11/h4-7,9H,3,8H2,1-2H3,(H,18,19,20). The van der Waals surface area contributed by atoms with Crippen molar-refractivity contribution in [3.05, 3.63) is 41.4 Å². The lowest BCUT2D eigenvalue weighted by Crippen LogP contribution is -2.00. The second-order valence-corrected chi connectivity index (χ2v) is 5.28. The number of imidazole rings is 1. The summed E-state index contributed by atoms with van der Waals surface area (Å²) in [6.45, 7) is 5.02. The maximum Gasteiger partial charge on any atom is 0.226 e. The summed E-state index contributed by atoms with van der Waals surface area (Å²) in [6.07, 6.45) is 2.79. The number of rotatable bonds is 4. The molecule has 5 nitrogen and oxygen atoms in total. The first-order valence-electron chi connectivity index (χ1n) is 6.89. The van der Waals surface area contributed by atoms with E-state index in [-0.39, 0.29) is 5.28 Å². The number of anilines is 2. The second-order valence-electron chi connectivity index (χ2n) is 4.94. The number of aryl methyl sites for hydroxylation is 2. The van der Waals surface area contributed by atoms with Gasteiger partial charge in [0.25, 0.3) is 0 Å². The van der Waals surface area contributed by atoms with Gasteiger partial charge in [-0.15, -0.1) is 0 Å². The summed E-state index contributed by atoms with van der Waals surface area (Å²) in [5, 5.41) is 3.48. The molecule has 0 fully saturated rings. The van der Waals surface area contributed by atoms with Gasteiger partial charge >= 0.3 is 0 Å². The van der Waals surface area contributed by atoms with E-state index in [1.54, 1.807) is 6.33 Å². The van der Waals surface area contributed by atoms with Crippen LogP contribution in [0.4, 0.5) is 11.5 Å². The number of hydrogen-bond donors (Lipinski definition) is 1. The van der Waals surface area contributed by atoms with Crippen molar-refractivity contribution in [1.29, 1.82) is 0 Å². The second kappa shape index (κ2) is 5.69. The molecular formula is C15H16ClN5. The molecule has 108 valence electrons. The zero-order chi connectivity index (χ0) is 14.8. The van der Waals surface area contributed by atoms with Crippen LogP contribution < -0.4 is 5.32 Å². The van der Waals surface area contributed by atoms with Crippen LogP contribution in [0, 0.1) is 6.92 Å². The molecule has 1 aromatic carbocycles. The average molecular weight is 302 g/mol. The van der Waals surface area contributed by atoms with Crippen molar-refractivity contribution in [3.8, 4) is 0 Å². The Morgan fingerprint density at radius 1 is 1.19 bits per heavy atom. The smallest absolute Gasteiger partial charge is 0.226 e. The molecule has 2 heterocycles. The van der Waals surface area contributed by atoms with Crippen molar-refractivity contribution in [2.45, 2.75) is 26.8 Å². The quantitative estimate of drug-likeness (QED) is 0.742. The normalized spacial score (nSPS) is 11.0. The summed E-state index contributed by atoms with van der Waals surface area (Å²) in [4.78, 5) is 13.0. The minimum atomic E-state index is 0.218. The van der Waals surface area contributed by atoms with Crippen LogP contribution in [0.25, 0.3) is 11.2 Å². The molecule has 0 aliphatic carbocycles. The van der Waals surface area contributed by atoms with Crippen LogP contribution in [0.3, 0.4) is 0 Å². The fourth-order valence-electron chi connectivity index (χ4n) is 2.18. The molecule has 6 heteroatoms. The average Bonchev–Trinajstić information content (AvgIpc) is 2.85. The summed E-state index contributed by atoms with van der Waals surface area (Å²) in [5.41, 5.74) is 3.64. The lowest BCUT2D eigenvalue weighted by molar-refractivity contribution is 0.691. The molecular weight excluding hydrogens is 286 g/mol. The number of benzene rings is 1. The Labute approximate surface area is 128 Å². The van der Waals surface area contributed by atoms with Crippen molar-refractivity contribution in [2.24, 2.45) is 0 Å². The van der Waals surface area contributed by atoms with Crippen LogP contribution in [0.1, 0.15) is 18.9 Å². The van der Waals surface area contributed by atoms with Gasteiger partial charge in [0.2, 0.25) is 5.28 Å². The summed E-state index contributed by atoms with van der Waals surface area (Å²) in [7, 11) is 0. The van der Waals surface area contributed by atoms with Crippen LogP contribution in [0.15, 0.2) is 30.6 Å². The molecule has 3 aromatic rings. The van der Waals surface area contributed by atoms with E-state index in [4.69, 9.17) is 11.6 Å².